The second-order valence-corrected chi connectivity index (χ2v) is 4.81. The molecule has 3 heterocycles. The van der Waals surface area contributed by atoms with Gasteiger partial charge in [0.05, 0.1) is 0 Å². The first-order chi connectivity index (χ1) is 8.33. The topological polar surface area (TPSA) is 32.6 Å². The number of hydrogen-bond acceptors (Lipinski definition) is 3. The molecule has 1 saturated heterocycles. The number of piperidine rings is 1. The summed E-state index contributed by atoms with van der Waals surface area (Å²) in [6.45, 7) is 2.33. The summed E-state index contributed by atoms with van der Waals surface area (Å²) in [5.74, 6) is 1.14. The molecule has 4 heteroatoms. The van der Waals surface area contributed by atoms with Crippen molar-refractivity contribution in [1.29, 1.82) is 0 Å². The lowest BCUT2D eigenvalue weighted by Gasteiger charge is -2.31. The molecule has 0 spiro atoms. The maximum absolute atomic E-state index is 4.30. The summed E-state index contributed by atoms with van der Waals surface area (Å²) in [7, 11) is 2.19. The molecular formula is C13H18N4. The van der Waals surface area contributed by atoms with Gasteiger partial charge in [-0.2, -0.15) is 0 Å². The van der Waals surface area contributed by atoms with Crippen molar-refractivity contribution in [2.75, 3.05) is 25.5 Å². The van der Waals surface area contributed by atoms with Gasteiger partial charge < -0.3 is 10.2 Å². The molecule has 0 aromatic carbocycles. The summed E-state index contributed by atoms with van der Waals surface area (Å²) in [6.07, 6.45) is 6.36. The number of likely N-dealkylation sites (tertiary alicyclic amines) is 1. The van der Waals surface area contributed by atoms with E-state index in [0.29, 0.717) is 6.04 Å². The quantitative estimate of drug-likeness (QED) is 0.854. The fraction of sp³-hybridized carbons (Fsp3) is 0.462. The van der Waals surface area contributed by atoms with Gasteiger partial charge in [0.2, 0.25) is 0 Å². The van der Waals surface area contributed by atoms with Crippen LogP contribution in [0.3, 0.4) is 0 Å². The Morgan fingerprint density at radius 1 is 1.41 bits per heavy atom. The molecule has 0 radical (unpaired) electrons. The zero-order valence-electron chi connectivity index (χ0n) is 10.1. The number of nitrogens with zero attached hydrogens (tertiary/aromatic N) is 3. The second kappa shape index (κ2) is 4.37. The van der Waals surface area contributed by atoms with Crippen LogP contribution in [-0.2, 0) is 0 Å². The molecule has 90 valence electrons. The van der Waals surface area contributed by atoms with Gasteiger partial charge >= 0.3 is 0 Å². The van der Waals surface area contributed by atoms with Gasteiger partial charge in [0.1, 0.15) is 11.5 Å². The molecule has 1 unspecified atom stereocenters. The van der Waals surface area contributed by atoms with Gasteiger partial charge in [0, 0.05) is 25.0 Å². The number of imidazole rings is 1. The van der Waals surface area contributed by atoms with E-state index in [1.54, 1.807) is 0 Å². The van der Waals surface area contributed by atoms with E-state index in [0.717, 1.165) is 18.0 Å². The van der Waals surface area contributed by atoms with Crippen molar-refractivity contribution in [3.63, 3.8) is 0 Å². The SMILES string of the molecule is CN1CCCC(Nc2cccc3nccn23)C1. The number of nitrogens with one attached hydrogen (secondary N) is 1. The fourth-order valence-electron chi connectivity index (χ4n) is 2.56. The third-order valence-corrected chi connectivity index (χ3v) is 3.40. The van der Waals surface area contributed by atoms with Crippen LogP contribution in [-0.4, -0.2) is 40.5 Å². The zero-order valence-corrected chi connectivity index (χ0v) is 10.1. The van der Waals surface area contributed by atoms with E-state index in [1.807, 2.05) is 18.5 Å². The lowest BCUT2D eigenvalue weighted by molar-refractivity contribution is 0.260. The standard InChI is InChI=1S/C13H18N4/c1-16-8-3-4-11(10-16)15-13-6-2-5-12-14-7-9-17(12)13/h2,5-7,9,11,15H,3-4,8,10H2,1H3. The van der Waals surface area contributed by atoms with Gasteiger partial charge in [-0.1, -0.05) is 6.07 Å². The Labute approximate surface area is 101 Å². The van der Waals surface area contributed by atoms with Crippen molar-refractivity contribution in [2.45, 2.75) is 18.9 Å². The molecule has 0 bridgehead atoms. The molecule has 2 aromatic rings. The van der Waals surface area contributed by atoms with Gasteiger partial charge in [-0.05, 0) is 38.6 Å². The number of rotatable bonds is 2. The molecule has 0 saturated carbocycles. The predicted molar refractivity (Wildman–Crippen MR) is 69.3 cm³/mol. The highest BCUT2D eigenvalue weighted by Gasteiger charge is 2.17. The summed E-state index contributed by atoms with van der Waals surface area (Å²) in [6, 6.07) is 6.74. The largest absolute Gasteiger partial charge is 0.367 e. The highest BCUT2D eigenvalue weighted by atomic mass is 15.2. The zero-order chi connectivity index (χ0) is 11.7. The molecule has 0 aliphatic carbocycles. The van der Waals surface area contributed by atoms with Crippen LogP contribution in [0.2, 0.25) is 0 Å². The molecule has 1 N–H and O–H groups in total. The van der Waals surface area contributed by atoms with Crippen LogP contribution in [0.5, 0.6) is 0 Å². The number of aromatic nitrogens is 2. The summed E-state index contributed by atoms with van der Waals surface area (Å²) < 4.78 is 2.11. The molecule has 1 atom stereocenters. The molecule has 3 rings (SSSR count). The number of hydrogen-bond donors (Lipinski definition) is 1. The Balaban J connectivity index is 1.82. The first kappa shape index (κ1) is 10.6. The molecule has 2 aromatic heterocycles. The Morgan fingerprint density at radius 3 is 3.24 bits per heavy atom. The van der Waals surface area contributed by atoms with E-state index in [-0.39, 0.29) is 0 Å². The van der Waals surface area contributed by atoms with E-state index < -0.39 is 0 Å². The lowest BCUT2D eigenvalue weighted by Crippen LogP contribution is -2.40. The van der Waals surface area contributed by atoms with Crippen LogP contribution < -0.4 is 5.32 Å². The van der Waals surface area contributed by atoms with Gasteiger partial charge in [0.15, 0.2) is 0 Å². The van der Waals surface area contributed by atoms with Crippen LogP contribution in [0.1, 0.15) is 12.8 Å². The third-order valence-electron chi connectivity index (χ3n) is 3.40. The summed E-state index contributed by atoms with van der Waals surface area (Å²) in [5, 5.41) is 3.62. The summed E-state index contributed by atoms with van der Waals surface area (Å²) >= 11 is 0. The Bertz CT molecular complexity index is 505. The van der Waals surface area contributed by atoms with Gasteiger partial charge in [-0.15, -0.1) is 0 Å². The normalized spacial score (nSPS) is 21.8. The Morgan fingerprint density at radius 2 is 2.35 bits per heavy atom. The van der Waals surface area contributed by atoms with Crippen LogP contribution in [0.25, 0.3) is 5.65 Å². The van der Waals surface area contributed by atoms with E-state index in [4.69, 9.17) is 0 Å². The second-order valence-electron chi connectivity index (χ2n) is 4.81. The fourth-order valence-corrected chi connectivity index (χ4v) is 2.56. The average molecular weight is 230 g/mol. The molecule has 17 heavy (non-hydrogen) atoms. The van der Waals surface area contributed by atoms with Crippen LogP contribution >= 0.6 is 0 Å². The van der Waals surface area contributed by atoms with Crippen molar-refractivity contribution in [1.82, 2.24) is 14.3 Å². The van der Waals surface area contributed by atoms with Crippen molar-refractivity contribution < 1.29 is 0 Å². The molecule has 1 aliphatic rings. The van der Waals surface area contributed by atoms with Crippen molar-refractivity contribution >= 4 is 11.5 Å². The monoisotopic (exact) mass is 230 g/mol. The summed E-state index contributed by atoms with van der Waals surface area (Å²) in [4.78, 5) is 6.68. The third kappa shape index (κ3) is 2.13. The first-order valence-corrected chi connectivity index (χ1v) is 6.20. The Kier molecular flexibility index (Phi) is 2.73. The van der Waals surface area contributed by atoms with E-state index in [2.05, 4.69) is 38.8 Å². The highest BCUT2D eigenvalue weighted by molar-refractivity contribution is 5.50. The number of pyridine rings is 1. The van der Waals surface area contributed by atoms with Crippen molar-refractivity contribution in [3.05, 3.63) is 30.6 Å². The molecule has 1 fully saturated rings. The minimum Gasteiger partial charge on any atom is -0.367 e. The van der Waals surface area contributed by atoms with Crippen LogP contribution in [0.4, 0.5) is 5.82 Å². The van der Waals surface area contributed by atoms with Crippen LogP contribution in [0.15, 0.2) is 30.6 Å². The first-order valence-electron chi connectivity index (χ1n) is 6.20. The van der Waals surface area contributed by atoms with Gasteiger partial charge in [0.25, 0.3) is 0 Å². The van der Waals surface area contributed by atoms with Crippen LogP contribution in [0, 0.1) is 0 Å². The minimum atomic E-state index is 0.543. The number of likely N-dealkylation sites (N-methyl/N-ethyl adjacent to an activating group) is 1. The Hall–Kier alpha value is -1.55. The van der Waals surface area contributed by atoms with Crippen molar-refractivity contribution in [3.8, 4) is 0 Å². The molecular weight excluding hydrogens is 212 g/mol. The van der Waals surface area contributed by atoms with E-state index >= 15 is 0 Å². The lowest BCUT2D eigenvalue weighted by atomic mass is 10.1. The minimum absolute atomic E-state index is 0.543. The molecule has 4 nitrogen and oxygen atoms in total. The van der Waals surface area contributed by atoms with E-state index in [9.17, 15) is 0 Å². The smallest absolute Gasteiger partial charge is 0.138 e. The van der Waals surface area contributed by atoms with Gasteiger partial charge in [-0.3, -0.25) is 4.40 Å². The molecule has 1 aliphatic heterocycles. The average Bonchev–Trinajstić information content (AvgIpc) is 2.78. The maximum atomic E-state index is 4.30. The number of fused-ring (bicyclic) bond motifs is 1. The maximum Gasteiger partial charge on any atom is 0.138 e. The van der Waals surface area contributed by atoms with Crippen molar-refractivity contribution in [2.24, 2.45) is 0 Å². The predicted octanol–water partition coefficient (Wildman–Crippen LogP) is 1.84. The van der Waals surface area contributed by atoms with Gasteiger partial charge in [-0.25, -0.2) is 4.98 Å². The highest BCUT2D eigenvalue weighted by Crippen LogP contribution is 2.16. The summed E-state index contributed by atoms with van der Waals surface area (Å²) in [5.41, 5.74) is 0.999. The van der Waals surface area contributed by atoms with E-state index in [1.165, 1.54) is 19.4 Å². The number of anilines is 1. The molecule has 0 amide bonds.